The molecule has 2 aliphatic rings. The first-order valence-corrected chi connectivity index (χ1v) is 7.35. The Bertz CT molecular complexity index is 431. The number of nitrogens with zero attached hydrogens (tertiary/aromatic N) is 1. The standard InChI is InChI=1S/C16H23NO/c1-12-5-3-9-16(18,11-12)14-8-2-6-13-7-4-10-17-15(13)14/h4,7,10,12,14,18H,2-3,5-6,8-9,11H2,1H3. The van der Waals surface area contributed by atoms with E-state index in [0.29, 0.717) is 5.92 Å². The van der Waals surface area contributed by atoms with Crippen LogP contribution in [0.3, 0.4) is 0 Å². The predicted octanol–water partition coefficient (Wildman–Crippen LogP) is 3.44. The number of aliphatic hydroxyl groups is 1. The van der Waals surface area contributed by atoms with E-state index in [1.54, 1.807) is 0 Å². The number of aryl methyl sites for hydroxylation is 1. The Morgan fingerprint density at radius 3 is 3.06 bits per heavy atom. The van der Waals surface area contributed by atoms with Gasteiger partial charge in [-0.3, -0.25) is 4.98 Å². The number of aromatic nitrogens is 1. The molecule has 18 heavy (non-hydrogen) atoms. The fraction of sp³-hybridized carbons (Fsp3) is 0.688. The highest BCUT2D eigenvalue weighted by Crippen LogP contribution is 2.46. The first-order chi connectivity index (χ1) is 8.69. The van der Waals surface area contributed by atoms with Crippen molar-refractivity contribution in [2.75, 3.05) is 0 Å². The van der Waals surface area contributed by atoms with Crippen LogP contribution in [0, 0.1) is 5.92 Å². The number of hydrogen-bond acceptors (Lipinski definition) is 2. The molecule has 1 heterocycles. The normalized spacial score (nSPS) is 36.1. The molecule has 2 aliphatic carbocycles. The van der Waals surface area contributed by atoms with E-state index in [-0.39, 0.29) is 5.92 Å². The quantitative estimate of drug-likeness (QED) is 0.822. The Kier molecular flexibility index (Phi) is 3.14. The largest absolute Gasteiger partial charge is 0.389 e. The van der Waals surface area contributed by atoms with Crippen LogP contribution in [0.5, 0.6) is 0 Å². The first kappa shape index (κ1) is 12.2. The average molecular weight is 245 g/mol. The van der Waals surface area contributed by atoms with Crippen LogP contribution in [0.25, 0.3) is 0 Å². The van der Waals surface area contributed by atoms with Crippen molar-refractivity contribution in [1.29, 1.82) is 0 Å². The summed E-state index contributed by atoms with van der Waals surface area (Å²) in [6, 6.07) is 4.21. The second-order valence-electron chi connectivity index (χ2n) is 6.30. The van der Waals surface area contributed by atoms with E-state index in [1.807, 2.05) is 12.3 Å². The van der Waals surface area contributed by atoms with Gasteiger partial charge in [0.25, 0.3) is 0 Å². The first-order valence-electron chi connectivity index (χ1n) is 7.35. The lowest BCUT2D eigenvalue weighted by atomic mass is 9.67. The molecule has 1 fully saturated rings. The molecule has 0 spiro atoms. The lowest BCUT2D eigenvalue weighted by molar-refractivity contribution is -0.0422. The van der Waals surface area contributed by atoms with Gasteiger partial charge < -0.3 is 5.11 Å². The number of pyridine rings is 1. The van der Waals surface area contributed by atoms with Crippen LogP contribution in [0.4, 0.5) is 0 Å². The second-order valence-corrected chi connectivity index (χ2v) is 6.30. The molecule has 0 aliphatic heterocycles. The third-order valence-corrected chi connectivity index (χ3v) is 4.85. The molecule has 98 valence electrons. The Balaban J connectivity index is 1.93. The lowest BCUT2D eigenvalue weighted by Crippen LogP contribution is -2.42. The van der Waals surface area contributed by atoms with Crippen LogP contribution < -0.4 is 0 Å². The minimum atomic E-state index is -0.499. The number of fused-ring (bicyclic) bond motifs is 1. The molecular weight excluding hydrogens is 222 g/mol. The van der Waals surface area contributed by atoms with E-state index < -0.39 is 5.60 Å². The average Bonchev–Trinajstić information content (AvgIpc) is 2.38. The summed E-state index contributed by atoms with van der Waals surface area (Å²) in [5.74, 6) is 0.919. The van der Waals surface area contributed by atoms with E-state index in [2.05, 4.69) is 18.0 Å². The zero-order valence-corrected chi connectivity index (χ0v) is 11.2. The number of rotatable bonds is 1. The van der Waals surface area contributed by atoms with Crippen molar-refractivity contribution >= 4 is 0 Å². The molecular formula is C16H23NO. The predicted molar refractivity (Wildman–Crippen MR) is 72.5 cm³/mol. The minimum absolute atomic E-state index is 0.269. The minimum Gasteiger partial charge on any atom is -0.389 e. The van der Waals surface area contributed by atoms with Gasteiger partial charge in [0.2, 0.25) is 0 Å². The summed E-state index contributed by atoms with van der Waals surface area (Å²) in [4.78, 5) is 4.59. The van der Waals surface area contributed by atoms with Crippen LogP contribution in [-0.4, -0.2) is 15.7 Å². The van der Waals surface area contributed by atoms with Gasteiger partial charge in [0.05, 0.1) is 5.60 Å². The van der Waals surface area contributed by atoms with Crippen molar-refractivity contribution in [3.05, 3.63) is 29.6 Å². The summed E-state index contributed by atoms with van der Waals surface area (Å²) in [7, 11) is 0. The molecule has 0 bridgehead atoms. The van der Waals surface area contributed by atoms with Gasteiger partial charge in [0.1, 0.15) is 0 Å². The van der Waals surface area contributed by atoms with E-state index >= 15 is 0 Å². The summed E-state index contributed by atoms with van der Waals surface area (Å²) >= 11 is 0. The van der Waals surface area contributed by atoms with E-state index in [0.717, 1.165) is 32.1 Å². The molecule has 0 radical (unpaired) electrons. The molecule has 1 aromatic heterocycles. The Labute approximate surface area is 109 Å². The molecule has 2 heteroatoms. The van der Waals surface area contributed by atoms with Gasteiger partial charge in [-0.15, -0.1) is 0 Å². The van der Waals surface area contributed by atoms with Crippen LogP contribution in [0.15, 0.2) is 18.3 Å². The molecule has 1 saturated carbocycles. The van der Waals surface area contributed by atoms with Crippen molar-refractivity contribution in [3.63, 3.8) is 0 Å². The summed E-state index contributed by atoms with van der Waals surface area (Å²) in [6.07, 6.45) is 9.65. The van der Waals surface area contributed by atoms with Crippen molar-refractivity contribution in [2.24, 2.45) is 5.92 Å². The van der Waals surface area contributed by atoms with Crippen molar-refractivity contribution in [1.82, 2.24) is 4.98 Å². The fourth-order valence-electron chi connectivity index (χ4n) is 4.01. The maximum atomic E-state index is 11.1. The van der Waals surface area contributed by atoms with Crippen LogP contribution in [0.1, 0.15) is 62.6 Å². The third-order valence-electron chi connectivity index (χ3n) is 4.85. The highest BCUT2D eigenvalue weighted by Gasteiger charge is 2.42. The molecule has 2 nitrogen and oxygen atoms in total. The topological polar surface area (TPSA) is 33.1 Å². The van der Waals surface area contributed by atoms with E-state index in [1.165, 1.54) is 24.1 Å². The molecule has 0 saturated heterocycles. The smallest absolute Gasteiger partial charge is 0.0733 e. The third kappa shape index (κ3) is 2.07. The van der Waals surface area contributed by atoms with Gasteiger partial charge in [0, 0.05) is 17.8 Å². The summed E-state index contributed by atoms with van der Waals surface area (Å²) in [5.41, 5.74) is 2.04. The second kappa shape index (κ2) is 4.65. The van der Waals surface area contributed by atoms with Gasteiger partial charge >= 0.3 is 0 Å². The van der Waals surface area contributed by atoms with Gasteiger partial charge in [-0.05, 0) is 49.7 Å². The van der Waals surface area contributed by atoms with Crippen molar-refractivity contribution < 1.29 is 5.11 Å². The Morgan fingerprint density at radius 2 is 2.22 bits per heavy atom. The lowest BCUT2D eigenvalue weighted by Gasteiger charge is -2.43. The zero-order valence-electron chi connectivity index (χ0n) is 11.2. The Hall–Kier alpha value is -0.890. The summed E-state index contributed by atoms with van der Waals surface area (Å²) in [6.45, 7) is 2.27. The van der Waals surface area contributed by atoms with E-state index in [9.17, 15) is 5.11 Å². The van der Waals surface area contributed by atoms with Crippen LogP contribution in [0.2, 0.25) is 0 Å². The van der Waals surface area contributed by atoms with E-state index in [4.69, 9.17) is 0 Å². The highest BCUT2D eigenvalue weighted by atomic mass is 16.3. The molecule has 1 N–H and O–H groups in total. The molecule has 0 aromatic carbocycles. The SMILES string of the molecule is CC1CCCC(O)(C2CCCc3cccnc32)C1. The zero-order chi connectivity index (χ0) is 12.6. The van der Waals surface area contributed by atoms with Crippen molar-refractivity contribution in [2.45, 2.75) is 63.4 Å². The molecule has 3 unspecified atom stereocenters. The van der Waals surface area contributed by atoms with Gasteiger partial charge in [0.15, 0.2) is 0 Å². The fourth-order valence-corrected chi connectivity index (χ4v) is 4.01. The summed E-state index contributed by atoms with van der Waals surface area (Å²) in [5, 5.41) is 11.1. The van der Waals surface area contributed by atoms with Gasteiger partial charge in [-0.25, -0.2) is 0 Å². The summed E-state index contributed by atoms with van der Waals surface area (Å²) < 4.78 is 0. The molecule has 1 aromatic rings. The monoisotopic (exact) mass is 245 g/mol. The van der Waals surface area contributed by atoms with Gasteiger partial charge in [-0.1, -0.05) is 25.8 Å². The molecule has 3 atom stereocenters. The maximum Gasteiger partial charge on any atom is 0.0733 e. The van der Waals surface area contributed by atoms with Crippen LogP contribution in [-0.2, 0) is 6.42 Å². The number of hydrogen-bond donors (Lipinski definition) is 1. The van der Waals surface area contributed by atoms with Crippen molar-refractivity contribution in [3.8, 4) is 0 Å². The molecule has 0 amide bonds. The highest BCUT2D eigenvalue weighted by molar-refractivity contribution is 5.28. The van der Waals surface area contributed by atoms with Gasteiger partial charge in [-0.2, -0.15) is 0 Å². The Morgan fingerprint density at radius 1 is 1.33 bits per heavy atom. The van der Waals surface area contributed by atoms with Crippen LogP contribution >= 0.6 is 0 Å². The maximum absolute atomic E-state index is 11.1. The molecule has 3 rings (SSSR count).